The second-order valence-electron chi connectivity index (χ2n) is 6.04. The van der Waals surface area contributed by atoms with Gasteiger partial charge in [0.25, 0.3) is 5.91 Å². The highest BCUT2D eigenvalue weighted by molar-refractivity contribution is 5.81. The van der Waals surface area contributed by atoms with Gasteiger partial charge in [0, 0.05) is 18.7 Å². The summed E-state index contributed by atoms with van der Waals surface area (Å²) in [7, 11) is 1.95. The maximum Gasteiger partial charge on any atom is 0.265 e. The maximum atomic E-state index is 12.3. The van der Waals surface area contributed by atoms with E-state index in [4.69, 9.17) is 9.47 Å². The van der Waals surface area contributed by atoms with Gasteiger partial charge in [-0.25, -0.2) is 0 Å². The van der Waals surface area contributed by atoms with E-state index in [1.54, 1.807) is 6.07 Å². The molecule has 2 aromatic rings. The van der Waals surface area contributed by atoms with Gasteiger partial charge in [-0.15, -0.1) is 0 Å². The fourth-order valence-corrected chi connectivity index (χ4v) is 2.83. The Morgan fingerprint density at radius 3 is 2.91 bits per heavy atom. The summed E-state index contributed by atoms with van der Waals surface area (Å²) >= 11 is 0. The van der Waals surface area contributed by atoms with E-state index >= 15 is 0 Å². The average Bonchev–Trinajstić information content (AvgIpc) is 3.35. The lowest BCUT2D eigenvalue weighted by atomic mass is 10.2. The molecule has 0 saturated heterocycles. The Labute approximate surface area is 134 Å². The van der Waals surface area contributed by atoms with Crippen LogP contribution in [-0.4, -0.2) is 28.4 Å². The van der Waals surface area contributed by atoms with Crippen molar-refractivity contribution in [3.05, 3.63) is 41.7 Å². The Morgan fingerprint density at radius 1 is 1.35 bits per heavy atom. The molecule has 1 N–H and O–H groups in total. The Balaban J connectivity index is 1.36. The lowest BCUT2D eigenvalue weighted by Crippen LogP contribution is -2.43. The lowest BCUT2D eigenvalue weighted by molar-refractivity contribution is -0.130. The van der Waals surface area contributed by atoms with Gasteiger partial charge in [0.05, 0.1) is 12.2 Å². The zero-order valence-corrected chi connectivity index (χ0v) is 13.0. The summed E-state index contributed by atoms with van der Waals surface area (Å²) in [6, 6.07) is 9.44. The van der Waals surface area contributed by atoms with Gasteiger partial charge in [-0.1, -0.05) is 12.1 Å². The molecule has 4 rings (SSSR count). The number of rotatable bonds is 4. The summed E-state index contributed by atoms with van der Waals surface area (Å²) in [5, 5.41) is 7.33. The molecule has 1 aromatic carbocycles. The first-order valence-electron chi connectivity index (χ1n) is 7.90. The molecule has 1 aromatic heterocycles. The maximum absolute atomic E-state index is 12.3. The van der Waals surface area contributed by atoms with Gasteiger partial charge >= 0.3 is 0 Å². The van der Waals surface area contributed by atoms with Crippen molar-refractivity contribution in [3.8, 4) is 11.5 Å². The van der Waals surface area contributed by atoms with Crippen LogP contribution in [-0.2, 0) is 18.4 Å². The number of nitrogens with one attached hydrogen (secondary N) is 1. The molecule has 1 amide bonds. The van der Waals surface area contributed by atoms with Crippen LogP contribution in [0.15, 0.2) is 30.3 Å². The van der Waals surface area contributed by atoms with Crippen LogP contribution >= 0.6 is 0 Å². The van der Waals surface area contributed by atoms with E-state index in [0.717, 1.165) is 5.69 Å². The molecule has 0 spiro atoms. The summed E-state index contributed by atoms with van der Waals surface area (Å²) in [4.78, 5) is 12.3. The van der Waals surface area contributed by atoms with E-state index in [9.17, 15) is 4.79 Å². The molecule has 1 aliphatic heterocycles. The van der Waals surface area contributed by atoms with E-state index in [2.05, 4.69) is 16.5 Å². The number of ether oxygens (including phenoxy) is 2. The molecule has 1 aliphatic carbocycles. The number of benzene rings is 1. The first-order chi connectivity index (χ1) is 11.2. The smallest absolute Gasteiger partial charge is 0.265 e. The fraction of sp³-hybridized carbons (Fsp3) is 0.412. The highest BCUT2D eigenvalue weighted by atomic mass is 16.6. The molecule has 1 fully saturated rings. The zero-order chi connectivity index (χ0) is 15.8. The van der Waals surface area contributed by atoms with Crippen LogP contribution in [0.5, 0.6) is 11.5 Å². The highest BCUT2D eigenvalue weighted by Gasteiger charge is 2.29. The SMILES string of the molecule is Cn1nc(CNC(=O)[C@@H]2COc3ccccc3O2)cc1C1CC1. The van der Waals surface area contributed by atoms with Crippen molar-refractivity contribution >= 4 is 5.91 Å². The lowest BCUT2D eigenvalue weighted by Gasteiger charge is -2.25. The second-order valence-corrected chi connectivity index (χ2v) is 6.04. The molecule has 6 heteroatoms. The third-order valence-corrected chi connectivity index (χ3v) is 4.21. The van der Waals surface area contributed by atoms with E-state index < -0.39 is 6.10 Å². The quantitative estimate of drug-likeness (QED) is 0.934. The number of para-hydroxylation sites is 2. The van der Waals surface area contributed by atoms with Gasteiger partial charge in [0.15, 0.2) is 11.5 Å². The first kappa shape index (κ1) is 14.1. The number of amides is 1. The summed E-state index contributed by atoms with van der Waals surface area (Å²) in [5.74, 6) is 1.74. The normalized spacial score (nSPS) is 19.4. The van der Waals surface area contributed by atoms with Crippen LogP contribution < -0.4 is 14.8 Å². The van der Waals surface area contributed by atoms with Gasteiger partial charge in [0.2, 0.25) is 6.10 Å². The molecule has 0 bridgehead atoms. The van der Waals surface area contributed by atoms with Crippen LogP contribution in [0.1, 0.15) is 30.1 Å². The topological polar surface area (TPSA) is 65.4 Å². The fourth-order valence-electron chi connectivity index (χ4n) is 2.83. The van der Waals surface area contributed by atoms with Crippen LogP contribution in [0, 0.1) is 0 Å². The highest BCUT2D eigenvalue weighted by Crippen LogP contribution is 2.39. The number of carbonyl (C=O) groups is 1. The van der Waals surface area contributed by atoms with Gasteiger partial charge in [-0.05, 0) is 31.0 Å². The number of aromatic nitrogens is 2. The minimum Gasteiger partial charge on any atom is -0.485 e. The van der Waals surface area contributed by atoms with Crippen molar-refractivity contribution in [2.24, 2.45) is 7.05 Å². The molecule has 1 saturated carbocycles. The van der Waals surface area contributed by atoms with E-state index in [1.807, 2.05) is 29.9 Å². The molecular weight excluding hydrogens is 294 g/mol. The molecule has 1 atom stereocenters. The van der Waals surface area contributed by atoms with Gasteiger partial charge in [-0.3, -0.25) is 9.48 Å². The summed E-state index contributed by atoms with van der Waals surface area (Å²) in [6.45, 7) is 0.624. The van der Waals surface area contributed by atoms with Crippen LogP contribution in [0.25, 0.3) is 0 Å². The molecule has 0 radical (unpaired) electrons. The van der Waals surface area contributed by atoms with E-state index in [1.165, 1.54) is 18.5 Å². The van der Waals surface area contributed by atoms with E-state index in [-0.39, 0.29) is 12.5 Å². The number of aryl methyl sites for hydroxylation is 1. The minimum absolute atomic E-state index is 0.182. The standard InChI is InChI=1S/C17H19N3O3/c1-20-13(11-6-7-11)8-12(19-20)9-18-17(21)16-10-22-14-4-2-3-5-15(14)23-16/h2-5,8,11,16H,6-7,9-10H2,1H3,(H,18,21)/t16-/m0/s1. The Morgan fingerprint density at radius 2 is 2.13 bits per heavy atom. The van der Waals surface area contributed by atoms with Crippen molar-refractivity contribution in [1.29, 1.82) is 0 Å². The largest absolute Gasteiger partial charge is 0.485 e. The van der Waals surface area contributed by atoms with Crippen LogP contribution in [0.3, 0.4) is 0 Å². The molecule has 0 unspecified atom stereocenters. The predicted octanol–water partition coefficient (Wildman–Crippen LogP) is 1.75. The first-order valence-corrected chi connectivity index (χ1v) is 7.90. The van der Waals surface area contributed by atoms with Gasteiger partial charge < -0.3 is 14.8 Å². The monoisotopic (exact) mass is 313 g/mol. The average molecular weight is 313 g/mol. The number of nitrogens with zero attached hydrogens (tertiary/aromatic N) is 2. The third-order valence-electron chi connectivity index (χ3n) is 4.21. The molecule has 2 heterocycles. The molecule has 2 aliphatic rings. The Kier molecular flexibility index (Phi) is 3.44. The molecule has 120 valence electrons. The van der Waals surface area contributed by atoms with Gasteiger partial charge in [-0.2, -0.15) is 5.10 Å². The van der Waals surface area contributed by atoms with Crippen molar-refractivity contribution in [2.45, 2.75) is 31.4 Å². The Bertz CT molecular complexity index is 736. The minimum atomic E-state index is -0.628. The molecule has 6 nitrogen and oxygen atoms in total. The van der Waals surface area contributed by atoms with Crippen LogP contribution in [0.4, 0.5) is 0 Å². The third kappa shape index (κ3) is 2.88. The number of fused-ring (bicyclic) bond motifs is 1. The van der Waals surface area contributed by atoms with Crippen molar-refractivity contribution < 1.29 is 14.3 Å². The van der Waals surface area contributed by atoms with E-state index in [0.29, 0.717) is 24.0 Å². The summed E-state index contributed by atoms with van der Waals surface area (Å²) in [5.41, 5.74) is 2.13. The van der Waals surface area contributed by atoms with Crippen molar-refractivity contribution in [1.82, 2.24) is 15.1 Å². The predicted molar refractivity (Wildman–Crippen MR) is 83.4 cm³/mol. The summed E-state index contributed by atoms with van der Waals surface area (Å²) < 4.78 is 13.2. The van der Waals surface area contributed by atoms with Gasteiger partial charge in [0.1, 0.15) is 6.61 Å². The van der Waals surface area contributed by atoms with Crippen molar-refractivity contribution in [2.75, 3.05) is 6.61 Å². The molecular formula is C17H19N3O3. The Hall–Kier alpha value is -2.50. The van der Waals surface area contributed by atoms with Crippen LogP contribution in [0.2, 0.25) is 0 Å². The number of carbonyl (C=O) groups excluding carboxylic acids is 1. The number of hydrogen-bond donors (Lipinski definition) is 1. The zero-order valence-electron chi connectivity index (χ0n) is 13.0. The number of hydrogen-bond acceptors (Lipinski definition) is 4. The molecule has 23 heavy (non-hydrogen) atoms. The second kappa shape index (κ2) is 5.61. The summed E-state index contributed by atoms with van der Waals surface area (Å²) in [6.07, 6.45) is 1.84. The van der Waals surface area contributed by atoms with Crippen molar-refractivity contribution in [3.63, 3.8) is 0 Å².